The second-order valence-corrected chi connectivity index (χ2v) is 9.01. The quantitative estimate of drug-likeness (QED) is 0.728. The number of alkyl halides is 3. The van der Waals surface area contributed by atoms with Crippen LogP contribution in [0.1, 0.15) is 36.5 Å². The zero-order valence-electron chi connectivity index (χ0n) is 14.1. The van der Waals surface area contributed by atoms with Crippen LogP contribution in [0, 0.1) is 0 Å². The van der Waals surface area contributed by atoms with Crippen LogP contribution in [0.3, 0.4) is 0 Å². The summed E-state index contributed by atoms with van der Waals surface area (Å²) in [5, 5.41) is 2.28. The Hall–Kier alpha value is -1.33. The molecule has 0 radical (unpaired) electrons. The van der Waals surface area contributed by atoms with Crippen molar-refractivity contribution < 1.29 is 26.4 Å². The highest BCUT2D eigenvalue weighted by Crippen LogP contribution is 2.37. The largest absolute Gasteiger partial charge is 0.447 e. The highest BCUT2D eigenvalue weighted by atomic mass is 32.2. The van der Waals surface area contributed by atoms with Gasteiger partial charge in [0.1, 0.15) is 5.03 Å². The van der Waals surface area contributed by atoms with Crippen molar-refractivity contribution in [3.05, 3.63) is 23.9 Å². The minimum absolute atomic E-state index is 0.0811. The smallest absolute Gasteiger partial charge is 0.349 e. The van der Waals surface area contributed by atoms with Crippen molar-refractivity contribution in [1.82, 2.24) is 14.6 Å². The first-order valence-corrected chi connectivity index (χ1v) is 10.5. The first-order valence-electron chi connectivity index (χ1n) is 8.12. The molecule has 0 saturated carbocycles. The standard InChI is InChI=1S/C15H20F3N3O3S2/c1-2-10-26(23,24)21-8-5-11(6-9-21)20-13(22)12-4-3-7-19-14(12)25-15(16,17)18/h3-4,7,11H,2,5-6,8-10H2,1H3,(H,20,22). The third-order valence-electron chi connectivity index (χ3n) is 3.87. The maximum atomic E-state index is 12.6. The summed E-state index contributed by atoms with van der Waals surface area (Å²) in [4.78, 5) is 16.0. The van der Waals surface area contributed by atoms with E-state index in [1.807, 2.05) is 0 Å². The van der Waals surface area contributed by atoms with Crippen molar-refractivity contribution in [3.8, 4) is 0 Å². The lowest BCUT2D eigenvalue weighted by Gasteiger charge is -2.31. The second-order valence-electron chi connectivity index (χ2n) is 5.87. The lowest BCUT2D eigenvalue weighted by atomic mass is 10.1. The minimum atomic E-state index is -4.54. The Morgan fingerprint density at radius 3 is 2.62 bits per heavy atom. The fourth-order valence-corrected chi connectivity index (χ4v) is 4.83. The summed E-state index contributed by atoms with van der Waals surface area (Å²) >= 11 is -0.433. The second kappa shape index (κ2) is 8.57. The molecule has 6 nitrogen and oxygen atoms in total. The van der Waals surface area contributed by atoms with E-state index in [0.29, 0.717) is 19.3 Å². The molecule has 0 bridgehead atoms. The van der Waals surface area contributed by atoms with Crippen molar-refractivity contribution in [2.24, 2.45) is 0 Å². The molecule has 1 aliphatic heterocycles. The molecule has 0 aliphatic carbocycles. The molecule has 1 fully saturated rings. The highest BCUT2D eigenvalue weighted by Gasteiger charge is 2.33. The first-order chi connectivity index (χ1) is 12.1. The molecule has 0 spiro atoms. The van der Waals surface area contributed by atoms with E-state index in [1.165, 1.54) is 22.6 Å². The molecule has 0 atom stereocenters. The van der Waals surface area contributed by atoms with E-state index in [9.17, 15) is 26.4 Å². The Kier molecular flexibility index (Phi) is 6.92. The number of nitrogens with zero attached hydrogens (tertiary/aromatic N) is 2. The van der Waals surface area contributed by atoms with E-state index in [0.717, 1.165) is 0 Å². The van der Waals surface area contributed by atoms with Gasteiger partial charge in [0.2, 0.25) is 10.0 Å². The molecule has 0 aromatic carbocycles. The molecular weight excluding hydrogens is 391 g/mol. The number of rotatable bonds is 6. The van der Waals surface area contributed by atoms with E-state index in [1.54, 1.807) is 6.92 Å². The van der Waals surface area contributed by atoms with Crippen LogP contribution in [-0.2, 0) is 10.0 Å². The number of amides is 1. The predicted octanol–water partition coefficient (Wildman–Crippen LogP) is 2.63. The van der Waals surface area contributed by atoms with Crippen LogP contribution < -0.4 is 5.32 Å². The summed E-state index contributed by atoms with van der Waals surface area (Å²) in [7, 11) is -3.28. The van der Waals surface area contributed by atoms with Gasteiger partial charge in [-0.2, -0.15) is 13.2 Å². The first kappa shape index (κ1) is 21.0. The number of pyridine rings is 1. The predicted molar refractivity (Wildman–Crippen MR) is 92.3 cm³/mol. The van der Waals surface area contributed by atoms with Crippen LogP contribution in [0.25, 0.3) is 0 Å². The third-order valence-corrected chi connectivity index (χ3v) is 6.70. The maximum absolute atomic E-state index is 12.6. The summed E-state index contributed by atoms with van der Waals surface area (Å²) in [5.74, 6) is -0.558. The van der Waals surface area contributed by atoms with Crippen molar-refractivity contribution in [1.29, 1.82) is 0 Å². The number of hydrogen-bond acceptors (Lipinski definition) is 5. The zero-order chi connectivity index (χ0) is 19.4. The number of sulfonamides is 1. The number of aromatic nitrogens is 1. The van der Waals surface area contributed by atoms with Crippen molar-refractivity contribution >= 4 is 27.7 Å². The number of carbonyl (C=O) groups is 1. The van der Waals surface area contributed by atoms with Crippen LogP contribution in [0.15, 0.2) is 23.4 Å². The average molecular weight is 411 g/mol. The van der Waals surface area contributed by atoms with Gasteiger partial charge in [-0.1, -0.05) is 6.92 Å². The molecular formula is C15H20F3N3O3S2. The van der Waals surface area contributed by atoms with Crippen molar-refractivity contribution in [2.75, 3.05) is 18.8 Å². The fraction of sp³-hybridized carbons (Fsp3) is 0.600. The molecule has 1 amide bonds. The maximum Gasteiger partial charge on any atom is 0.447 e. The normalized spacial score (nSPS) is 17.2. The Labute approximate surface area is 154 Å². The summed E-state index contributed by atoms with van der Waals surface area (Å²) in [6.45, 7) is 2.35. The summed E-state index contributed by atoms with van der Waals surface area (Å²) in [6, 6.07) is 2.39. The van der Waals surface area contributed by atoms with E-state index < -0.39 is 38.2 Å². The lowest BCUT2D eigenvalue weighted by Crippen LogP contribution is -2.47. The molecule has 1 aliphatic rings. The van der Waals surface area contributed by atoms with Gasteiger partial charge in [-0.15, -0.1) is 0 Å². The van der Waals surface area contributed by atoms with Gasteiger partial charge in [0.05, 0.1) is 11.3 Å². The molecule has 1 aromatic rings. The van der Waals surface area contributed by atoms with E-state index in [4.69, 9.17) is 0 Å². The summed E-state index contributed by atoms with van der Waals surface area (Å²) < 4.78 is 63.2. The van der Waals surface area contributed by atoms with Crippen molar-refractivity contribution in [2.45, 2.75) is 42.8 Å². The minimum Gasteiger partial charge on any atom is -0.349 e. The van der Waals surface area contributed by atoms with Gasteiger partial charge in [0.25, 0.3) is 5.91 Å². The highest BCUT2D eigenvalue weighted by molar-refractivity contribution is 8.00. The Morgan fingerprint density at radius 2 is 2.04 bits per heavy atom. The van der Waals surface area contributed by atoms with Crippen LogP contribution in [0.5, 0.6) is 0 Å². The van der Waals surface area contributed by atoms with E-state index in [-0.39, 0.29) is 30.4 Å². The molecule has 11 heteroatoms. The van der Waals surface area contributed by atoms with Gasteiger partial charge in [-0.05, 0) is 31.4 Å². The van der Waals surface area contributed by atoms with Gasteiger partial charge in [-0.3, -0.25) is 4.79 Å². The van der Waals surface area contributed by atoms with Crippen LogP contribution >= 0.6 is 11.8 Å². The van der Waals surface area contributed by atoms with E-state index >= 15 is 0 Å². The number of carbonyl (C=O) groups excluding carboxylic acids is 1. The molecule has 2 rings (SSSR count). The molecule has 1 N–H and O–H groups in total. The number of thioether (sulfide) groups is 1. The zero-order valence-corrected chi connectivity index (χ0v) is 15.8. The van der Waals surface area contributed by atoms with Gasteiger partial charge in [0, 0.05) is 37.1 Å². The van der Waals surface area contributed by atoms with Crippen LogP contribution in [0.4, 0.5) is 13.2 Å². The molecule has 1 saturated heterocycles. The number of hydrogen-bond donors (Lipinski definition) is 1. The van der Waals surface area contributed by atoms with Crippen LogP contribution in [-0.4, -0.2) is 54.0 Å². The Balaban J connectivity index is 1.98. The van der Waals surface area contributed by atoms with Crippen molar-refractivity contribution in [3.63, 3.8) is 0 Å². The summed E-state index contributed by atoms with van der Waals surface area (Å²) in [5.41, 5.74) is -4.68. The van der Waals surface area contributed by atoms with E-state index in [2.05, 4.69) is 10.3 Å². The topological polar surface area (TPSA) is 79.4 Å². The number of nitrogens with one attached hydrogen (secondary N) is 1. The molecule has 26 heavy (non-hydrogen) atoms. The number of piperidine rings is 1. The summed E-state index contributed by atoms with van der Waals surface area (Å²) in [6.07, 6.45) is 2.55. The molecule has 1 aromatic heterocycles. The Morgan fingerprint density at radius 1 is 1.38 bits per heavy atom. The molecule has 146 valence electrons. The number of halogens is 3. The fourth-order valence-electron chi connectivity index (χ4n) is 2.68. The Bertz CT molecular complexity index is 733. The average Bonchev–Trinajstić information content (AvgIpc) is 2.54. The SMILES string of the molecule is CCCS(=O)(=O)N1CCC(NC(=O)c2cccnc2SC(F)(F)F)CC1. The molecule has 2 heterocycles. The van der Waals surface area contributed by atoms with Gasteiger partial charge >= 0.3 is 5.51 Å². The van der Waals surface area contributed by atoms with Gasteiger partial charge in [-0.25, -0.2) is 17.7 Å². The van der Waals surface area contributed by atoms with Gasteiger partial charge < -0.3 is 5.32 Å². The van der Waals surface area contributed by atoms with Gasteiger partial charge in [0.15, 0.2) is 0 Å². The van der Waals surface area contributed by atoms with Crippen LogP contribution in [0.2, 0.25) is 0 Å². The monoisotopic (exact) mass is 411 g/mol. The lowest BCUT2D eigenvalue weighted by molar-refractivity contribution is -0.0329. The molecule has 0 unspecified atom stereocenters. The third kappa shape index (κ3) is 5.85.